The van der Waals surface area contributed by atoms with Gasteiger partial charge in [-0.3, -0.25) is 4.98 Å². The lowest BCUT2D eigenvalue weighted by atomic mass is 9.92. The van der Waals surface area contributed by atoms with Gasteiger partial charge in [-0.15, -0.1) is 0 Å². The number of pyridine rings is 1. The number of aromatic nitrogens is 1. The lowest BCUT2D eigenvalue weighted by Gasteiger charge is -2.14. The summed E-state index contributed by atoms with van der Waals surface area (Å²) >= 11 is 0. The number of benzene rings is 1. The molecule has 0 saturated heterocycles. The van der Waals surface area contributed by atoms with E-state index < -0.39 is 0 Å². The Bertz CT molecular complexity index is 532. The molecular weight excluding hydrogens is 206 g/mol. The van der Waals surface area contributed by atoms with Gasteiger partial charge in [-0.1, -0.05) is 51.1 Å². The highest BCUT2D eigenvalue weighted by Crippen LogP contribution is 2.20. The molecule has 0 atom stereocenters. The Morgan fingerprint density at radius 2 is 1.94 bits per heavy atom. The molecule has 1 nitrogen and oxygen atoms in total. The van der Waals surface area contributed by atoms with E-state index in [2.05, 4.69) is 50.0 Å². The third-order valence-corrected chi connectivity index (χ3v) is 2.65. The average molecular weight is 225 g/mol. The summed E-state index contributed by atoms with van der Waals surface area (Å²) in [6.45, 7) is 6.74. The second kappa shape index (κ2) is 4.70. The average Bonchev–Trinajstić information content (AvgIpc) is 2.27. The molecule has 0 aliphatic heterocycles. The van der Waals surface area contributed by atoms with Crippen molar-refractivity contribution in [3.05, 3.63) is 48.2 Å². The van der Waals surface area contributed by atoms with Crippen LogP contribution in [0.3, 0.4) is 0 Å². The maximum absolute atomic E-state index is 4.44. The fraction of sp³-hybridized carbons (Fsp3) is 0.312. The van der Waals surface area contributed by atoms with E-state index in [9.17, 15) is 0 Å². The van der Waals surface area contributed by atoms with Crippen LogP contribution in [0, 0.1) is 5.41 Å². The third kappa shape index (κ3) is 3.42. The summed E-state index contributed by atoms with van der Waals surface area (Å²) in [6, 6.07) is 10.4. The van der Waals surface area contributed by atoms with E-state index in [1.54, 1.807) is 0 Å². The van der Waals surface area contributed by atoms with Gasteiger partial charge in [0.05, 0.1) is 5.52 Å². The number of hydrogen-bond acceptors (Lipinski definition) is 1. The van der Waals surface area contributed by atoms with E-state index in [0.29, 0.717) is 5.41 Å². The Balaban J connectivity index is 2.20. The molecule has 17 heavy (non-hydrogen) atoms. The largest absolute Gasteiger partial charge is 0.256 e. The summed E-state index contributed by atoms with van der Waals surface area (Å²) < 4.78 is 0. The highest BCUT2D eigenvalue weighted by molar-refractivity contribution is 5.80. The van der Waals surface area contributed by atoms with Gasteiger partial charge in [0.1, 0.15) is 0 Å². The first kappa shape index (κ1) is 11.8. The van der Waals surface area contributed by atoms with Crippen molar-refractivity contribution in [2.24, 2.45) is 5.41 Å². The molecular formula is C16H19N. The van der Waals surface area contributed by atoms with Crippen LogP contribution in [-0.4, -0.2) is 4.98 Å². The van der Waals surface area contributed by atoms with Crippen molar-refractivity contribution in [3.63, 3.8) is 0 Å². The molecule has 0 spiro atoms. The Labute approximate surface area is 103 Å². The van der Waals surface area contributed by atoms with Gasteiger partial charge < -0.3 is 0 Å². The third-order valence-electron chi connectivity index (χ3n) is 2.65. The van der Waals surface area contributed by atoms with E-state index >= 15 is 0 Å². The van der Waals surface area contributed by atoms with Gasteiger partial charge in [0.2, 0.25) is 0 Å². The van der Waals surface area contributed by atoms with Gasteiger partial charge in [-0.2, -0.15) is 0 Å². The molecule has 0 saturated carbocycles. The van der Waals surface area contributed by atoms with E-state index in [-0.39, 0.29) is 0 Å². The van der Waals surface area contributed by atoms with Crippen molar-refractivity contribution in [3.8, 4) is 0 Å². The smallest absolute Gasteiger partial charge is 0.0702 e. The molecule has 1 aromatic heterocycles. The Hall–Kier alpha value is -1.63. The fourth-order valence-corrected chi connectivity index (χ4v) is 1.73. The maximum Gasteiger partial charge on any atom is 0.0702 e. The van der Waals surface area contributed by atoms with Gasteiger partial charge >= 0.3 is 0 Å². The van der Waals surface area contributed by atoms with Crippen molar-refractivity contribution >= 4 is 17.0 Å². The standard InChI is InChI=1S/C16H19N/c1-16(2,3)10-6-7-13-11-14-8-4-5-9-15(14)17-12-13/h4-9,11-12H,10H2,1-3H3/b7-6+. The van der Waals surface area contributed by atoms with Crippen LogP contribution >= 0.6 is 0 Å². The van der Waals surface area contributed by atoms with E-state index in [1.165, 1.54) is 10.9 Å². The zero-order valence-electron chi connectivity index (χ0n) is 10.8. The van der Waals surface area contributed by atoms with Gasteiger partial charge in [-0.05, 0) is 29.5 Å². The Morgan fingerprint density at radius 1 is 1.18 bits per heavy atom. The molecule has 2 rings (SSSR count). The molecule has 2 aromatic rings. The number of fused-ring (bicyclic) bond motifs is 1. The molecule has 0 N–H and O–H groups in total. The predicted molar refractivity (Wildman–Crippen MR) is 74.8 cm³/mol. The zero-order chi connectivity index (χ0) is 12.3. The van der Waals surface area contributed by atoms with Crippen molar-refractivity contribution in [2.75, 3.05) is 0 Å². The first-order chi connectivity index (χ1) is 8.04. The minimum atomic E-state index is 0.348. The lowest BCUT2D eigenvalue weighted by Crippen LogP contribution is -2.01. The molecule has 0 amide bonds. The summed E-state index contributed by atoms with van der Waals surface area (Å²) in [7, 11) is 0. The number of para-hydroxylation sites is 1. The highest BCUT2D eigenvalue weighted by atomic mass is 14.6. The fourth-order valence-electron chi connectivity index (χ4n) is 1.73. The minimum absolute atomic E-state index is 0.348. The monoisotopic (exact) mass is 225 g/mol. The van der Waals surface area contributed by atoms with Crippen LogP contribution in [0.2, 0.25) is 0 Å². The molecule has 0 aliphatic rings. The van der Waals surface area contributed by atoms with Crippen LogP contribution in [0.4, 0.5) is 0 Å². The van der Waals surface area contributed by atoms with Gasteiger partial charge in [0.15, 0.2) is 0 Å². The molecule has 0 radical (unpaired) electrons. The summed E-state index contributed by atoms with van der Waals surface area (Å²) in [4.78, 5) is 4.44. The second-order valence-electron chi connectivity index (χ2n) is 5.63. The van der Waals surface area contributed by atoms with Crippen LogP contribution in [0.5, 0.6) is 0 Å². The Kier molecular flexibility index (Phi) is 3.28. The summed E-state index contributed by atoms with van der Waals surface area (Å²) in [6.07, 6.45) is 7.40. The van der Waals surface area contributed by atoms with Crippen LogP contribution in [0.15, 0.2) is 42.6 Å². The summed E-state index contributed by atoms with van der Waals surface area (Å²) in [5, 5.41) is 1.20. The Morgan fingerprint density at radius 3 is 2.71 bits per heavy atom. The first-order valence-corrected chi connectivity index (χ1v) is 6.06. The van der Waals surface area contributed by atoms with Crippen molar-refractivity contribution in [1.29, 1.82) is 0 Å². The molecule has 0 unspecified atom stereocenters. The first-order valence-electron chi connectivity index (χ1n) is 6.06. The summed E-state index contributed by atoms with van der Waals surface area (Å²) in [5.74, 6) is 0. The number of nitrogens with zero attached hydrogens (tertiary/aromatic N) is 1. The molecule has 0 fully saturated rings. The summed E-state index contributed by atoms with van der Waals surface area (Å²) in [5.41, 5.74) is 2.58. The number of rotatable bonds is 2. The predicted octanol–water partition coefficient (Wildman–Crippen LogP) is 4.68. The van der Waals surface area contributed by atoms with Crippen molar-refractivity contribution in [2.45, 2.75) is 27.2 Å². The molecule has 1 aromatic carbocycles. The zero-order valence-corrected chi connectivity index (χ0v) is 10.8. The molecule has 1 heteroatoms. The second-order valence-corrected chi connectivity index (χ2v) is 5.63. The van der Waals surface area contributed by atoms with Crippen molar-refractivity contribution < 1.29 is 0 Å². The van der Waals surface area contributed by atoms with Crippen LogP contribution < -0.4 is 0 Å². The number of hydrogen-bond donors (Lipinski definition) is 0. The topological polar surface area (TPSA) is 12.9 Å². The molecule has 88 valence electrons. The van der Waals surface area contributed by atoms with Gasteiger partial charge in [0.25, 0.3) is 0 Å². The van der Waals surface area contributed by atoms with E-state index in [0.717, 1.165) is 11.9 Å². The van der Waals surface area contributed by atoms with Crippen LogP contribution in [0.25, 0.3) is 17.0 Å². The molecule has 0 aliphatic carbocycles. The SMILES string of the molecule is CC(C)(C)C/C=C/c1cnc2ccccc2c1. The van der Waals surface area contributed by atoms with Crippen molar-refractivity contribution in [1.82, 2.24) is 4.98 Å². The minimum Gasteiger partial charge on any atom is -0.256 e. The van der Waals surface area contributed by atoms with Crippen LogP contribution in [0.1, 0.15) is 32.8 Å². The van der Waals surface area contributed by atoms with Gasteiger partial charge in [0, 0.05) is 11.6 Å². The molecule has 1 heterocycles. The van der Waals surface area contributed by atoms with Crippen LogP contribution in [-0.2, 0) is 0 Å². The van der Waals surface area contributed by atoms with Gasteiger partial charge in [-0.25, -0.2) is 0 Å². The quantitative estimate of drug-likeness (QED) is 0.723. The lowest BCUT2D eigenvalue weighted by molar-refractivity contribution is 0.421. The van der Waals surface area contributed by atoms with E-state index in [1.807, 2.05) is 24.4 Å². The van der Waals surface area contributed by atoms with E-state index in [4.69, 9.17) is 0 Å². The number of allylic oxidation sites excluding steroid dienone is 1. The maximum atomic E-state index is 4.44. The molecule has 0 bridgehead atoms. The normalized spacial score (nSPS) is 12.4. The highest BCUT2D eigenvalue weighted by Gasteiger charge is 2.06.